The van der Waals surface area contributed by atoms with Crippen molar-refractivity contribution in [3.63, 3.8) is 0 Å². The van der Waals surface area contributed by atoms with Gasteiger partial charge in [0.1, 0.15) is 0 Å². The number of unbranched alkanes of at least 4 members (excludes halogenated alkanes) is 1. The van der Waals surface area contributed by atoms with Crippen LogP contribution < -0.4 is 5.32 Å². The van der Waals surface area contributed by atoms with Crippen molar-refractivity contribution in [2.75, 3.05) is 26.3 Å². The van der Waals surface area contributed by atoms with Crippen LogP contribution in [-0.2, 0) is 11.3 Å². The summed E-state index contributed by atoms with van der Waals surface area (Å²) in [4.78, 5) is 4.22. The van der Waals surface area contributed by atoms with Gasteiger partial charge in [-0.15, -0.1) is 0 Å². The van der Waals surface area contributed by atoms with Gasteiger partial charge >= 0.3 is 0 Å². The minimum atomic E-state index is 0.651. The van der Waals surface area contributed by atoms with Crippen LogP contribution in [0.25, 0.3) is 0 Å². The summed E-state index contributed by atoms with van der Waals surface area (Å²) in [6.45, 7) is 6.95. The van der Waals surface area contributed by atoms with E-state index in [0.717, 1.165) is 39.3 Å². The van der Waals surface area contributed by atoms with Crippen LogP contribution in [0.1, 0.15) is 31.4 Å². The fraction of sp³-hybridized carbons (Fsp3) is 0.750. The van der Waals surface area contributed by atoms with Crippen LogP contribution in [0.15, 0.2) is 12.5 Å². The predicted molar refractivity (Wildman–Crippen MR) is 63.6 cm³/mol. The Morgan fingerprint density at radius 2 is 2.38 bits per heavy atom. The van der Waals surface area contributed by atoms with E-state index in [1.54, 1.807) is 0 Å². The zero-order valence-electron chi connectivity index (χ0n) is 9.98. The SMILES string of the molecule is CCCCOCCn1cncc1C1CNC1. The van der Waals surface area contributed by atoms with Crippen LogP contribution in [0.2, 0.25) is 0 Å². The standard InChI is InChI=1S/C12H21N3O/c1-2-3-5-16-6-4-15-10-14-9-12(15)11-7-13-8-11/h9-11,13H,2-8H2,1H3. The molecule has 1 aromatic rings. The molecule has 0 saturated carbocycles. The molecular weight excluding hydrogens is 202 g/mol. The molecule has 0 amide bonds. The molecule has 0 atom stereocenters. The topological polar surface area (TPSA) is 39.1 Å². The average Bonchev–Trinajstić information content (AvgIpc) is 2.64. The van der Waals surface area contributed by atoms with E-state index in [-0.39, 0.29) is 0 Å². The molecular formula is C12H21N3O. The van der Waals surface area contributed by atoms with Gasteiger partial charge in [-0.05, 0) is 6.42 Å². The lowest BCUT2D eigenvalue weighted by Gasteiger charge is -2.27. The average molecular weight is 223 g/mol. The zero-order chi connectivity index (χ0) is 11.2. The summed E-state index contributed by atoms with van der Waals surface area (Å²) >= 11 is 0. The van der Waals surface area contributed by atoms with Gasteiger partial charge in [-0.25, -0.2) is 4.98 Å². The van der Waals surface area contributed by atoms with E-state index in [1.807, 2.05) is 12.5 Å². The van der Waals surface area contributed by atoms with Crippen LogP contribution in [-0.4, -0.2) is 35.9 Å². The minimum absolute atomic E-state index is 0.651. The number of ether oxygens (including phenoxy) is 1. The summed E-state index contributed by atoms with van der Waals surface area (Å²) in [5, 5.41) is 3.29. The number of imidazole rings is 1. The lowest BCUT2D eigenvalue weighted by molar-refractivity contribution is 0.122. The molecule has 4 nitrogen and oxygen atoms in total. The highest BCUT2D eigenvalue weighted by Gasteiger charge is 2.21. The number of hydrogen-bond acceptors (Lipinski definition) is 3. The highest BCUT2D eigenvalue weighted by Crippen LogP contribution is 2.18. The number of nitrogens with zero attached hydrogens (tertiary/aromatic N) is 2. The third-order valence-corrected chi connectivity index (χ3v) is 3.06. The summed E-state index contributed by atoms with van der Waals surface area (Å²) < 4.78 is 7.79. The van der Waals surface area contributed by atoms with Crippen molar-refractivity contribution in [2.24, 2.45) is 0 Å². The van der Waals surface area contributed by atoms with E-state index in [9.17, 15) is 0 Å². The molecule has 16 heavy (non-hydrogen) atoms. The van der Waals surface area contributed by atoms with Crippen LogP contribution in [0.3, 0.4) is 0 Å². The summed E-state index contributed by atoms with van der Waals surface area (Å²) in [5.74, 6) is 0.651. The fourth-order valence-electron chi connectivity index (χ4n) is 1.87. The van der Waals surface area contributed by atoms with Crippen molar-refractivity contribution in [1.29, 1.82) is 0 Å². The van der Waals surface area contributed by atoms with Crippen molar-refractivity contribution >= 4 is 0 Å². The quantitative estimate of drug-likeness (QED) is 0.710. The zero-order valence-corrected chi connectivity index (χ0v) is 9.98. The van der Waals surface area contributed by atoms with Crippen LogP contribution >= 0.6 is 0 Å². The van der Waals surface area contributed by atoms with Crippen LogP contribution in [0, 0.1) is 0 Å². The van der Waals surface area contributed by atoms with E-state index >= 15 is 0 Å². The highest BCUT2D eigenvalue weighted by atomic mass is 16.5. The molecule has 0 bridgehead atoms. The predicted octanol–water partition coefficient (Wildman–Crippen LogP) is 1.39. The van der Waals surface area contributed by atoms with Crippen molar-refractivity contribution in [3.05, 3.63) is 18.2 Å². The summed E-state index contributed by atoms with van der Waals surface area (Å²) in [6, 6.07) is 0. The largest absolute Gasteiger partial charge is 0.380 e. The van der Waals surface area contributed by atoms with Gasteiger partial charge in [0, 0.05) is 44.0 Å². The van der Waals surface area contributed by atoms with E-state index in [0.29, 0.717) is 5.92 Å². The lowest BCUT2D eigenvalue weighted by Crippen LogP contribution is -2.41. The van der Waals surface area contributed by atoms with Crippen LogP contribution in [0.4, 0.5) is 0 Å². The number of rotatable bonds is 7. The Balaban J connectivity index is 1.73. The third-order valence-electron chi connectivity index (χ3n) is 3.06. The van der Waals surface area contributed by atoms with Crippen molar-refractivity contribution < 1.29 is 4.74 Å². The second-order valence-corrected chi connectivity index (χ2v) is 4.33. The Morgan fingerprint density at radius 3 is 3.06 bits per heavy atom. The van der Waals surface area contributed by atoms with E-state index < -0.39 is 0 Å². The van der Waals surface area contributed by atoms with Gasteiger partial charge in [-0.1, -0.05) is 13.3 Å². The Bertz CT molecular complexity index is 307. The Hall–Kier alpha value is -0.870. The molecule has 4 heteroatoms. The molecule has 90 valence electrons. The highest BCUT2D eigenvalue weighted by molar-refractivity contribution is 5.11. The maximum Gasteiger partial charge on any atom is 0.0949 e. The molecule has 1 N–H and O–H groups in total. The Morgan fingerprint density at radius 1 is 1.50 bits per heavy atom. The first-order chi connectivity index (χ1) is 7.92. The molecule has 0 spiro atoms. The number of hydrogen-bond donors (Lipinski definition) is 1. The molecule has 1 aliphatic rings. The molecule has 0 radical (unpaired) electrons. The first-order valence-corrected chi connectivity index (χ1v) is 6.20. The second kappa shape index (κ2) is 6.01. The van der Waals surface area contributed by atoms with Crippen molar-refractivity contribution in [1.82, 2.24) is 14.9 Å². The summed E-state index contributed by atoms with van der Waals surface area (Å²) in [6.07, 6.45) is 6.25. The van der Waals surface area contributed by atoms with Gasteiger partial charge in [-0.3, -0.25) is 0 Å². The lowest BCUT2D eigenvalue weighted by atomic mass is 10.00. The Labute approximate surface area is 97.0 Å². The molecule has 0 aromatic carbocycles. The summed E-state index contributed by atoms with van der Waals surface area (Å²) in [5.41, 5.74) is 1.35. The molecule has 0 unspecified atom stereocenters. The van der Waals surface area contributed by atoms with Gasteiger partial charge in [0.25, 0.3) is 0 Å². The van der Waals surface area contributed by atoms with Crippen LogP contribution in [0.5, 0.6) is 0 Å². The number of nitrogens with one attached hydrogen (secondary N) is 1. The molecule has 2 heterocycles. The van der Waals surface area contributed by atoms with E-state index in [1.165, 1.54) is 12.1 Å². The van der Waals surface area contributed by atoms with Gasteiger partial charge in [-0.2, -0.15) is 0 Å². The molecule has 1 aromatic heterocycles. The summed E-state index contributed by atoms with van der Waals surface area (Å²) in [7, 11) is 0. The first kappa shape index (κ1) is 11.6. The first-order valence-electron chi connectivity index (χ1n) is 6.20. The van der Waals surface area contributed by atoms with Crippen molar-refractivity contribution in [2.45, 2.75) is 32.2 Å². The molecule has 0 aliphatic carbocycles. The third kappa shape index (κ3) is 2.83. The van der Waals surface area contributed by atoms with Gasteiger partial charge < -0.3 is 14.6 Å². The maximum absolute atomic E-state index is 5.57. The molecule has 1 aliphatic heterocycles. The van der Waals surface area contributed by atoms with Gasteiger partial charge in [0.05, 0.1) is 12.9 Å². The van der Waals surface area contributed by atoms with Gasteiger partial charge in [0.2, 0.25) is 0 Å². The van der Waals surface area contributed by atoms with Crippen molar-refractivity contribution in [3.8, 4) is 0 Å². The molecule has 1 saturated heterocycles. The monoisotopic (exact) mass is 223 g/mol. The van der Waals surface area contributed by atoms with E-state index in [4.69, 9.17) is 4.74 Å². The Kier molecular flexibility index (Phi) is 4.36. The second-order valence-electron chi connectivity index (χ2n) is 4.33. The smallest absolute Gasteiger partial charge is 0.0949 e. The van der Waals surface area contributed by atoms with Gasteiger partial charge in [0.15, 0.2) is 0 Å². The minimum Gasteiger partial charge on any atom is -0.380 e. The number of aromatic nitrogens is 2. The maximum atomic E-state index is 5.57. The molecule has 2 rings (SSSR count). The normalized spacial score (nSPS) is 16.3. The fourth-order valence-corrected chi connectivity index (χ4v) is 1.87. The molecule has 1 fully saturated rings. The van der Waals surface area contributed by atoms with E-state index in [2.05, 4.69) is 21.8 Å².